The average Bonchev–Trinajstić information content (AvgIpc) is 2.49. The van der Waals surface area contributed by atoms with Crippen LogP contribution >= 0.6 is 0 Å². The number of aromatic nitrogens is 1. The van der Waals surface area contributed by atoms with Crippen molar-refractivity contribution < 1.29 is 18.4 Å². The Morgan fingerprint density at radius 1 is 1.29 bits per heavy atom. The Morgan fingerprint density at radius 2 is 2.05 bits per heavy atom. The van der Waals surface area contributed by atoms with E-state index in [2.05, 4.69) is 15.5 Å². The summed E-state index contributed by atoms with van der Waals surface area (Å²) in [6.45, 7) is 0.0774. The number of rotatable bonds is 4. The molecular weight excluding hydrogens is 285 g/mol. The molecule has 0 bridgehead atoms. The van der Waals surface area contributed by atoms with Gasteiger partial charge in [0.2, 0.25) is 0 Å². The van der Waals surface area contributed by atoms with E-state index in [0.29, 0.717) is 11.6 Å². The predicted octanol–water partition coefficient (Wildman–Crippen LogP) is 2.21. The monoisotopic (exact) mass is 296 g/mol. The Balaban J connectivity index is 2.17. The summed E-state index contributed by atoms with van der Waals surface area (Å²) < 4.78 is 39.5. The Morgan fingerprint density at radius 3 is 2.76 bits per heavy atom. The van der Waals surface area contributed by atoms with Crippen LogP contribution in [0.1, 0.15) is 11.3 Å². The summed E-state index contributed by atoms with van der Waals surface area (Å²) in [4.78, 5) is 3.87. The normalized spacial score (nSPS) is 11.5. The highest BCUT2D eigenvalue weighted by Gasteiger charge is 2.11. The molecule has 4 N–H and O–H groups in total. The van der Waals surface area contributed by atoms with Crippen LogP contribution in [0, 0.1) is 17.5 Å². The predicted molar refractivity (Wildman–Crippen MR) is 70.4 cm³/mol. The minimum absolute atomic E-state index is 0.0774. The summed E-state index contributed by atoms with van der Waals surface area (Å²) in [6, 6.07) is 4.40. The van der Waals surface area contributed by atoms with Gasteiger partial charge in [0.15, 0.2) is 17.5 Å². The van der Waals surface area contributed by atoms with E-state index in [4.69, 9.17) is 10.9 Å². The number of amidine groups is 1. The number of nitrogens with zero attached hydrogens (tertiary/aromatic N) is 2. The van der Waals surface area contributed by atoms with Gasteiger partial charge < -0.3 is 16.3 Å². The number of halogens is 3. The lowest BCUT2D eigenvalue weighted by molar-refractivity contribution is 0.318. The van der Waals surface area contributed by atoms with Crippen LogP contribution in [-0.4, -0.2) is 16.0 Å². The van der Waals surface area contributed by atoms with Gasteiger partial charge in [-0.25, -0.2) is 13.2 Å². The SMILES string of the molecule is NC(=NO)c1cc(CNc2cc(F)cc(F)c2F)ccn1. The highest BCUT2D eigenvalue weighted by Crippen LogP contribution is 2.19. The Bertz CT molecular complexity index is 691. The first kappa shape index (κ1) is 14.6. The van der Waals surface area contributed by atoms with E-state index in [9.17, 15) is 13.2 Å². The fourth-order valence-electron chi connectivity index (χ4n) is 1.66. The molecule has 1 heterocycles. The van der Waals surface area contributed by atoms with Gasteiger partial charge in [0.25, 0.3) is 0 Å². The first-order valence-corrected chi connectivity index (χ1v) is 5.82. The second-order valence-corrected chi connectivity index (χ2v) is 4.14. The van der Waals surface area contributed by atoms with E-state index in [-0.39, 0.29) is 23.8 Å². The first-order valence-electron chi connectivity index (χ1n) is 5.82. The van der Waals surface area contributed by atoms with Crippen molar-refractivity contribution in [2.24, 2.45) is 10.9 Å². The second kappa shape index (κ2) is 6.12. The maximum absolute atomic E-state index is 13.5. The molecule has 5 nitrogen and oxygen atoms in total. The van der Waals surface area contributed by atoms with Crippen LogP contribution in [0.2, 0.25) is 0 Å². The van der Waals surface area contributed by atoms with Gasteiger partial charge in [-0.05, 0) is 17.7 Å². The molecule has 21 heavy (non-hydrogen) atoms. The molecule has 0 spiro atoms. The summed E-state index contributed by atoms with van der Waals surface area (Å²) >= 11 is 0. The molecule has 0 saturated heterocycles. The molecule has 0 unspecified atom stereocenters. The maximum atomic E-state index is 13.5. The molecule has 0 fully saturated rings. The van der Waals surface area contributed by atoms with Crippen LogP contribution in [0.4, 0.5) is 18.9 Å². The number of hydrogen-bond donors (Lipinski definition) is 3. The quantitative estimate of drug-likeness (QED) is 0.265. The highest BCUT2D eigenvalue weighted by atomic mass is 19.2. The average molecular weight is 296 g/mol. The molecule has 1 aromatic heterocycles. The van der Waals surface area contributed by atoms with Crippen LogP contribution in [0.15, 0.2) is 35.6 Å². The molecule has 0 aliphatic heterocycles. The third-order valence-corrected chi connectivity index (χ3v) is 2.67. The molecule has 0 aliphatic carbocycles. The molecule has 0 amide bonds. The molecular formula is C13H11F3N4O. The summed E-state index contributed by atoms with van der Waals surface area (Å²) in [5, 5.41) is 13.9. The Labute approximate surface area is 117 Å². The smallest absolute Gasteiger partial charge is 0.188 e. The van der Waals surface area contributed by atoms with E-state index in [1.54, 1.807) is 6.07 Å². The standard InChI is InChI=1S/C13H11F3N4O/c14-8-4-9(15)12(16)10(5-8)19-6-7-1-2-18-11(3-7)13(17)20-21/h1-5,19,21H,6H2,(H2,17,20). The number of anilines is 1. The minimum Gasteiger partial charge on any atom is -0.409 e. The molecule has 110 valence electrons. The first-order chi connectivity index (χ1) is 10.0. The fraction of sp³-hybridized carbons (Fsp3) is 0.0769. The molecule has 0 radical (unpaired) electrons. The summed E-state index contributed by atoms with van der Waals surface area (Å²) in [5.74, 6) is -3.50. The molecule has 0 saturated carbocycles. The van der Waals surface area contributed by atoms with Crippen molar-refractivity contribution in [3.8, 4) is 0 Å². The Hall–Kier alpha value is -2.77. The fourth-order valence-corrected chi connectivity index (χ4v) is 1.66. The molecule has 0 atom stereocenters. The van der Waals surface area contributed by atoms with Crippen molar-refractivity contribution in [2.75, 3.05) is 5.32 Å². The van der Waals surface area contributed by atoms with Gasteiger partial charge in [0.05, 0.1) is 5.69 Å². The third-order valence-electron chi connectivity index (χ3n) is 2.67. The van der Waals surface area contributed by atoms with Gasteiger partial charge in [0.1, 0.15) is 11.5 Å². The zero-order valence-corrected chi connectivity index (χ0v) is 10.6. The van der Waals surface area contributed by atoms with Crippen LogP contribution in [-0.2, 0) is 6.54 Å². The van der Waals surface area contributed by atoms with E-state index >= 15 is 0 Å². The molecule has 1 aromatic carbocycles. The van der Waals surface area contributed by atoms with E-state index in [0.717, 1.165) is 6.07 Å². The highest BCUT2D eigenvalue weighted by molar-refractivity contribution is 5.95. The zero-order chi connectivity index (χ0) is 15.4. The maximum Gasteiger partial charge on any atom is 0.188 e. The molecule has 2 rings (SSSR count). The van der Waals surface area contributed by atoms with Gasteiger partial charge in [-0.2, -0.15) is 0 Å². The van der Waals surface area contributed by atoms with Crippen LogP contribution in [0.5, 0.6) is 0 Å². The summed E-state index contributed by atoms with van der Waals surface area (Å²) in [5.41, 5.74) is 5.93. The molecule has 8 heteroatoms. The van der Waals surface area contributed by atoms with Crippen molar-refractivity contribution in [3.05, 3.63) is 59.2 Å². The van der Waals surface area contributed by atoms with Crippen molar-refractivity contribution in [1.82, 2.24) is 4.98 Å². The van der Waals surface area contributed by atoms with Gasteiger partial charge in [-0.1, -0.05) is 5.16 Å². The van der Waals surface area contributed by atoms with Crippen molar-refractivity contribution >= 4 is 11.5 Å². The number of pyridine rings is 1. The van der Waals surface area contributed by atoms with Crippen LogP contribution in [0.25, 0.3) is 0 Å². The summed E-state index contributed by atoms with van der Waals surface area (Å²) in [7, 11) is 0. The van der Waals surface area contributed by atoms with Gasteiger partial charge >= 0.3 is 0 Å². The van der Waals surface area contributed by atoms with Crippen LogP contribution < -0.4 is 11.1 Å². The third kappa shape index (κ3) is 3.41. The lowest BCUT2D eigenvalue weighted by Gasteiger charge is -2.09. The van der Waals surface area contributed by atoms with Crippen molar-refractivity contribution in [3.63, 3.8) is 0 Å². The number of benzene rings is 1. The van der Waals surface area contributed by atoms with E-state index in [1.807, 2.05) is 0 Å². The van der Waals surface area contributed by atoms with Gasteiger partial charge in [0, 0.05) is 24.9 Å². The topological polar surface area (TPSA) is 83.5 Å². The van der Waals surface area contributed by atoms with Crippen molar-refractivity contribution in [1.29, 1.82) is 0 Å². The number of hydrogen-bond acceptors (Lipinski definition) is 4. The van der Waals surface area contributed by atoms with E-state index in [1.165, 1.54) is 12.3 Å². The number of oxime groups is 1. The lowest BCUT2D eigenvalue weighted by atomic mass is 10.2. The van der Waals surface area contributed by atoms with Crippen molar-refractivity contribution in [2.45, 2.75) is 6.54 Å². The summed E-state index contributed by atoms with van der Waals surface area (Å²) in [6.07, 6.45) is 1.41. The second-order valence-electron chi connectivity index (χ2n) is 4.14. The van der Waals surface area contributed by atoms with Gasteiger partial charge in [-0.3, -0.25) is 4.98 Å². The lowest BCUT2D eigenvalue weighted by Crippen LogP contribution is -2.15. The van der Waals surface area contributed by atoms with Crippen LogP contribution in [0.3, 0.4) is 0 Å². The Kier molecular flexibility index (Phi) is 4.27. The largest absolute Gasteiger partial charge is 0.409 e. The van der Waals surface area contributed by atoms with E-state index < -0.39 is 17.5 Å². The minimum atomic E-state index is -1.27. The molecule has 2 aromatic rings. The number of nitrogens with two attached hydrogens (primary N) is 1. The zero-order valence-electron chi connectivity index (χ0n) is 10.6. The number of nitrogens with one attached hydrogen (secondary N) is 1. The molecule has 0 aliphatic rings. The van der Waals surface area contributed by atoms with Gasteiger partial charge in [-0.15, -0.1) is 0 Å².